The van der Waals surface area contributed by atoms with Crippen LogP contribution in [0.4, 0.5) is 0 Å². The van der Waals surface area contributed by atoms with Crippen LogP contribution in [0.15, 0.2) is 36.6 Å². The predicted octanol–water partition coefficient (Wildman–Crippen LogP) is 2.26. The van der Waals surface area contributed by atoms with Crippen molar-refractivity contribution < 1.29 is 9.47 Å². The molecule has 2 heterocycles. The van der Waals surface area contributed by atoms with E-state index in [2.05, 4.69) is 23.1 Å². The smallest absolute Gasteiger partial charge is 0.175 e. The van der Waals surface area contributed by atoms with Gasteiger partial charge in [-0.05, 0) is 36.0 Å². The molecule has 4 nitrogen and oxygen atoms in total. The van der Waals surface area contributed by atoms with Gasteiger partial charge in [0.05, 0.1) is 24.1 Å². The fourth-order valence-corrected chi connectivity index (χ4v) is 2.40. The van der Waals surface area contributed by atoms with E-state index in [0.29, 0.717) is 4.77 Å². The molecule has 5 heteroatoms. The highest BCUT2D eigenvalue weighted by Crippen LogP contribution is 2.37. The van der Waals surface area contributed by atoms with Crippen molar-refractivity contribution >= 4 is 30.4 Å². The van der Waals surface area contributed by atoms with Crippen molar-refractivity contribution in [2.24, 2.45) is 0 Å². The largest absolute Gasteiger partial charge is 0.497 e. The van der Waals surface area contributed by atoms with Gasteiger partial charge < -0.3 is 19.4 Å². The number of aromatic amines is 2. The van der Waals surface area contributed by atoms with Crippen LogP contribution in [0.3, 0.4) is 0 Å². The Labute approximate surface area is 126 Å². The Bertz CT molecular complexity index is 918. The van der Waals surface area contributed by atoms with Crippen LogP contribution in [-0.2, 0) is 0 Å². The second-order valence-corrected chi connectivity index (χ2v) is 5.06. The zero-order valence-corrected chi connectivity index (χ0v) is 12.3. The van der Waals surface area contributed by atoms with Crippen LogP contribution >= 0.6 is 12.2 Å². The molecule has 1 aromatic carbocycles. The van der Waals surface area contributed by atoms with Crippen molar-refractivity contribution in [2.75, 3.05) is 7.11 Å². The summed E-state index contributed by atoms with van der Waals surface area (Å²) >= 11 is 5.05. The lowest BCUT2D eigenvalue weighted by Gasteiger charge is -2.18. The Morgan fingerprint density at radius 3 is 2.76 bits per heavy atom. The van der Waals surface area contributed by atoms with E-state index in [4.69, 9.17) is 21.7 Å². The second kappa shape index (κ2) is 5.10. The number of rotatable bonds is 2. The average Bonchev–Trinajstić information content (AvgIpc) is 2.79. The van der Waals surface area contributed by atoms with Crippen molar-refractivity contribution in [1.82, 2.24) is 9.97 Å². The molecule has 0 spiro atoms. The molecule has 1 aliphatic rings. The molecule has 0 unspecified atom stereocenters. The monoisotopic (exact) mass is 298 g/mol. The minimum Gasteiger partial charge on any atom is -0.497 e. The third-order valence-corrected chi connectivity index (χ3v) is 3.52. The number of hydrogen-bond donors (Lipinski definition) is 2. The first kappa shape index (κ1) is 13.5. The average molecular weight is 298 g/mol. The number of fused-ring (bicyclic) bond motifs is 1. The maximum Gasteiger partial charge on any atom is 0.175 e. The van der Waals surface area contributed by atoms with Crippen LogP contribution < -0.4 is 20.2 Å². The standard InChI is InChI=1S/C16H14N2O2S/c1-9-11(6-14-10(2)17-16(21)18-14)8-20-15-7-12(19-3)4-5-13(9)15/h4-8H,1-2H2,3H3,(H2,17,18,21)/b14-6-. The number of allylic oxidation sites excluding steroid dienone is 2. The molecule has 0 bridgehead atoms. The fraction of sp³-hybridized carbons (Fsp3) is 0.0625. The molecule has 0 saturated carbocycles. The van der Waals surface area contributed by atoms with Crippen LogP contribution in [0.25, 0.3) is 18.2 Å². The quantitative estimate of drug-likeness (QED) is 0.836. The maximum atomic E-state index is 5.66. The van der Waals surface area contributed by atoms with Crippen molar-refractivity contribution in [3.05, 3.63) is 57.6 Å². The van der Waals surface area contributed by atoms with Crippen LogP contribution in [0.2, 0.25) is 0 Å². The molecular formula is C16H14N2O2S. The normalized spacial score (nSPS) is 14.4. The maximum absolute atomic E-state index is 5.66. The Morgan fingerprint density at radius 1 is 1.29 bits per heavy atom. The van der Waals surface area contributed by atoms with E-state index < -0.39 is 0 Å². The number of H-pyrrole nitrogens is 2. The first-order valence-electron chi connectivity index (χ1n) is 6.32. The molecule has 2 aromatic rings. The van der Waals surface area contributed by atoms with E-state index in [1.54, 1.807) is 13.4 Å². The van der Waals surface area contributed by atoms with Gasteiger partial charge in [-0.3, -0.25) is 0 Å². The van der Waals surface area contributed by atoms with E-state index in [1.807, 2.05) is 24.3 Å². The summed E-state index contributed by atoms with van der Waals surface area (Å²) in [6.07, 6.45) is 3.57. The summed E-state index contributed by atoms with van der Waals surface area (Å²) in [7, 11) is 1.62. The molecule has 0 aliphatic carbocycles. The van der Waals surface area contributed by atoms with Gasteiger partial charge in [0.15, 0.2) is 4.77 Å². The number of ether oxygens (including phenoxy) is 2. The Balaban J connectivity index is 2.05. The fourth-order valence-electron chi connectivity index (χ4n) is 2.16. The van der Waals surface area contributed by atoms with Crippen LogP contribution in [-0.4, -0.2) is 17.1 Å². The number of imidazole rings is 1. The zero-order valence-electron chi connectivity index (χ0n) is 11.5. The van der Waals surface area contributed by atoms with E-state index >= 15 is 0 Å². The summed E-state index contributed by atoms with van der Waals surface area (Å²) in [5.41, 5.74) is 2.67. The molecule has 1 aromatic heterocycles. The number of methoxy groups -OCH3 is 1. The van der Waals surface area contributed by atoms with E-state index in [-0.39, 0.29) is 0 Å². The number of aromatic nitrogens is 2. The minimum atomic E-state index is 0.541. The van der Waals surface area contributed by atoms with Gasteiger partial charge in [-0.1, -0.05) is 13.2 Å². The molecule has 2 N–H and O–H groups in total. The van der Waals surface area contributed by atoms with E-state index in [1.165, 1.54) is 0 Å². The molecule has 0 saturated heterocycles. The molecule has 0 fully saturated rings. The molecular weight excluding hydrogens is 284 g/mol. The van der Waals surface area contributed by atoms with Gasteiger partial charge in [0.1, 0.15) is 11.5 Å². The highest BCUT2D eigenvalue weighted by molar-refractivity contribution is 7.71. The first-order chi connectivity index (χ1) is 10.1. The Morgan fingerprint density at radius 2 is 2.10 bits per heavy atom. The van der Waals surface area contributed by atoms with Crippen molar-refractivity contribution in [3.63, 3.8) is 0 Å². The van der Waals surface area contributed by atoms with Crippen molar-refractivity contribution in [3.8, 4) is 11.5 Å². The number of hydrogen-bond acceptors (Lipinski definition) is 3. The van der Waals surface area contributed by atoms with Gasteiger partial charge in [-0.2, -0.15) is 0 Å². The molecule has 1 aliphatic heterocycles. The van der Waals surface area contributed by atoms with Gasteiger partial charge in [-0.15, -0.1) is 0 Å². The highest BCUT2D eigenvalue weighted by Gasteiger charge is 2.16. The van der Waals surface area contributed by atoms with Crippen LogP contribution in [0.1, 0.15) is 5.56 Å². The second-order valence-electron chi connectivity index (χ2n) is 4.65. The van der Waals surface area contributed by atoms with E-state index in [0.717, 1.165) is 38.9 Å². The third-order valence-electron chi connectivity index (χ3n) is 3.31. The third kappa shape index (κ3) is 2.43. The summed E-state index contributed by atoms with van der Waals surface area (Å²) < 4.78 is 11.4. The van der Waals surface area contributed by atoms with Crippen LogP contribution in [0.5, 0.6) is 11.5 Å². The molecule has 3 rings (SSSR count). The predicted molar refractivity (Wildman–Crippen MR) is 86.0 cm³/mol. The first-order valence-corrected chi connectivity index (χ1v) is 6.73. The summed E-state index contributed by atoms with van der Waals surface area (Å²) in [5.74, 6) is 1.48. The van der Waals surface area contributed by atoms with E-state index in [9.17, 15) is 0 Å². The lowest BCUT2D eigenvalue weighted by atomic mass is 9.97. The van der Waals surface area contributed by atoms with Crippen molar-refractivity contribution in [2.45, 2.75) is 0 Å². The van der Waals surface area contributed by atoms with Gasteiger partial charge >= 0.3 is 0 Å². The molecule has 0 amide bonds. The SMILES string of the molecule is C=C1C(/C=c2\[nH]c(=S)[nH]c2=C)=COc2cc(OC)ccc21. The number of nitrogens with one attached hydrogen (secondary N) is 2. The summed E-state index contributed by atoms with van der Waals surface area (Å²) in [5, 5.41) is 1.54. The topological polar surface area (TPSA) is 50.0 Å². The van der Waals surface area contributed by atoms with Gasteiger partial charge in [-0.25, -0.2) is 0 Å². The molecule has 106 valence electrons. The Hall–Kier alpha value is -2.53. The van der Waals surface area contributed by atoms with Crippen LogP contribution in [0, 0.1) is 4.77 Å². The Kier molecular flexibility index (Phi) is 3.27. The number of benzene rings is 1. The molecule has 0 atom stereocenters. The zero-order chi connectivity index (χ0) is 15.0. The molecule has 21 heavy (non-hydrogen) atoms. The summed E-state index contributed by atoms with van der Waals surface area (Å²) in [4.78, 5) is 5.99. The van der Waals surface area contributed by atoms with Crippen molar-refractivity contribution in [1.29, 1.82) is 0 Å². The van der Waals surface area contributed by atoms with Gasteiger partial charge in [0, 0.05) is 17.2 Å². The highest BCUT2D eigenvalue weighted by atomic mass is 32.1. The molecule has 0 radical (unpaired) electrons. The minimum absolute atomic E-state index is 0.541. The lowest BCUT2D eigenvalue weighted by Crippen LogP contribution is -2.23. The lowest BCUT2D eigenvalue weighted by molar-refractivity contribution is 0.408. The van der Waals surface area contributed by atoms with Gasteiger partial charge in [0.25, 0.3) is 0 Å². The van der Waals surface area contributed by atoms with Gasteiger partial charge in [0.2, 0.25) is 0 Å². The summed E-state index contributed by atoms with van der Waals surface area (Å²) in [6, 6.07) is 5.65. The summed E-state index contributed by atoms with van der Waals surface area (Å²) in [6.45, 7) is 8.03.